The van der Waals surface area contributed by atoms with Crippen LogP contribution in [0.2, 0.25) is 0 Å². The van der Waals surface area contributed by atoms with Crippen molar-refractivity contribution in [3.05, 3.63) is 194 Å². The molecule has 248 valence electrons. The predicted molar refractivity (Wildman–Crippen MR) is 219 cm³/mol. The monoisotopic (exact) mass is 688 g/mol. The largest absolute Gasteiger partial charge is 0.308 e. The Morgan fingerprint density at radius 1 is 0.396 bits per heavy atom. The molecule has 0 atom stereocenters. The zero-order valence-corrected chi connectivity index (χ0v) is 27.8. The lowest BCUT2D eigenvalue weighted by atomic mass is 9.96. The molecule has 0 spiro atoms. The average Bonchev–Trinajstić information content (AvgIpc) is 3.70. The summed E-state index contributed by atoms with van der Waals surface area (Å²) in [6.07, 6.45) is 0. The fraction of sp³-hybridized carbons (Fsp3) is 0. The zero-order valence-electron chi connectivity index (χ0n) is 39.8. The van der Waals surface area contributed by atoms with E-state index >= 15 is 0 Å². The van der Waals surface area contributed by atoms with Gasteiger partial charge < -0.3 is 4.57 Å². The van der Waals surface area contributed by atoms with E-state index in [-0.39, 0.29) is 33.3 Å². The van der Waals surface area contributed by atoms with Gasteiger partial charge in [0.15, 0.2) is 17.5 Å². The normalized spacial score (nSPS) is 14.6. The average molecular weight is 689 g/mol. The minimum atomic E-state index is -0.702. The Hall–Kier alpha value is -7.17. The van der Waals surface area contributed by atoms with Gasteiger partial charge in [-0.15, -0.1) is 0 Å². The standard InChI is InChI=1S/C49H32N4/c1-4-15-33(16-5-1)38-29-30-45-43(32-38)41-23-12-13-26-44(41)53(45)46-40(39-28-27-34-17-10-11-22-37(34)31-39)24-14-25-42(46)49-51-47(35-18-6-2-7-19-35)50-48(52-49)36-20-8-3-9-21-36/h1-32H/i1D,4D,5D,12D,13D,15D,16D,23D,26D,29D,30D,32D. The van der Waals surface area contributed by atoms with Crippen LogP contribution >= 0.6 is 0 Å². The molecule has 53 heavy (non-hydrogen) atoms. The van der Waals surface area contributed by atoms with E-state index in [0.717, 1.165) is 10.8 Å². The highest BCUT2D eigenvalue weighted by molar-refractivity contribution is 6.11. The summed E-state index contributed by atoms with van der Waals surface area (Å²) in [5.41, 5.74) is 2.00. The predicted octanol–water partition coefficient (Wildman–Crippen LogP) is 12.5. The van der Waals surface area contributed by atoms with Crippen molar-refractivity contribution < 1.29 is 16.4 Å². The van der Waals surface area contributed by atoms with Gasteiger partial charge in [0.2, 0.25) is 0 Å². The first-order valence-electron chi connectivity index (χ1n) is 22.9. The van der Waals surface area contributed by atoms with E-state index in [9.17, 15) is 6.85 Å². The summed E-state index contributed by atoms with van der Waals surface area (Å²) >= 11 is 0. The van der Waals surface area contributed by atoms with Gasteiger partial charge in [-0.2, -0.15) is 0 Å². The van der Waals surface area contributed by atoms with Crippen LogP contribution in [0.5, 0.6) is 0 Å². The number of benzene rings is 8. The van der Waals surface area contributed by atoms with E-state index in [0.29, 0.717) is 39.5 Å². The highest BCUT2D eigenvalue weighted by Gasteiger charge is 2.23. The van der Waals surface area contributed by atoms with Crippen molar-refractivity contribution in [1.82, 2.24) is 19.5 Å². The van der Waals surface area contributed by atoms with Gasteiger partial charge >= 0.3 is 0 Å². The molecule has 2 heterocycles. The molecule has 0 fully saturated rings. The van der Waals surface area contributed by atoms with Crippen LogP contribution in [-0.4, -0.2) is 19.5 Å². The summed E-state index contributed by atoms with van der Waals surface area (Å²) in [6, 6.07) is 30.2. The molecule has 4 heteroatoms. The van der Waals surface area contributed by atoms with Crippen LogP contribution in [0.1, 0.15) is 16.4 Å². The van der Waals surface area contributed by atoms with E-state index in [2.05, 4.69) is 0 Å². The summed E-state index contributed by atoms with van der Waals surface area (Å²) in [5.74, 6) is 0.852. The molecule has 4 nitrogen and oxygen atoms in total. The van der Waals surface area contributed by atoms with E-state index in [1.54, 1.807) is 6.07 Å². The van der Waals surface area contributed by atoms with Crippen LogP contribution < -0.4 is 0 Å². The van der Waals surface area contributed by atoms with Gasteiger partial charge in [-0.25, -0.2) is 15.0 Å². The maximum Gasteiger partial charge on any atom is 0.166 e. The van der Waals surface area contributed by atoms with Gasteiger partial charge in [0.25, 0.3) is 0 Å². The maximum absolute atomic E-state index is 9.79. The topological polar surface area (TPSA) is 43.6 Å². The van der Waals surface area contributed by atoms with Crippen molar-refractivity contribution in [2.24, 2.45) is 0 Å². The first-order valence-corrected chi connectivity index (χ1v) is 16.9. The van der Waals surface area contributed by atoms with E-state index in [1.807, 2.05) is 115 Å². The lowest BCUT2D eigenvalue weighted by Crippen LogP contribution is -2.05. The summed E-state index contributed by atoms with van der Waals surface area (Å²) in [4.78, 5) is 15.0. The lowest BCUT2D eigenvalue weighted by Gasteiger charge is -2.19. The fourth-order valence-corrected chi connectivity index (χ4v) is 6.72. The van der Waals surface area contributed by atoms with E-state index < -0.39 is 83.6 Å². The smallest absolute Gasteiger partial charge is 0.166 e. The number of hydrogen-bond donors (Lipinski definition) is 0. The molecule has 0 radical (unpaired) electrons. The Labute approximate surface area is 324 Å². The summed E-state index contributed by atoms with van der Waals surface area (Å²) in [7, 11) is 0. The Morgan fingerprint density at radius 3 is 1.77 bits per heavy atom. The van der Waals surface area contributed by atoms with Gasteiger partial charge in [0, 0.05) is 33.0 Å². The van der Waals surface area contributed by atoms with Crippen LogP contribution in [0, 0.1) is 0 Å². The number of rotatable bonds is 6. The van der Waals surface area contributed by atoms with Gasteiger partial charge in [-0.1, -0.05) is 164 Å². The van der Waals surface area contributed by atoms with Crippen LogP contribution in [0.4, 0.5) is 0 Å². The molecule has 10 rings (SSSR count). The third kappa shape index (κ3) is 5.45. The highest BCUT2D eigenvalue weighted by atomic mass is 15.1. The maximum atomic E-state index is 9.79. The molecule has 0 bridgehead atoms. The van der Waals surface area contributed by atoms with Crippen LogP contribution in [0.3, 0.4) is 0 Å². The SMILES string of the molecule is [2H]c1c([2H])c([2H])c(-c2c([2H])c([2H])c3c(c2[2H])c2c([2H])c([2H])c([2H])c([2H])c2n3-c2c(-c3ccc4ccccc4c3)cccc2-c2nc(-c3ccccc3)nc(-c3ccccc3)n2)c([2H])c1[2H]. The van der Waals surface area contributed by atoms with Crippen molar-refractivity contribution in [1.29, 1.82) is 0 Å². The van der Waals surface area contributed by atoms with Gasteiger partial charge in [-0.3, -0.25) is 0 Å². The lowest BCUT2D eigenvalue weighted by molar-refractivity contribution is 1.06. The third-order valence-electron chi connectivity index (χ3n) is 9.17. The van der Waals surface area contributed by atoms with Crippen LogP contribution in [-0.2, 0) is 0 Å². The molecule has 0 aliphatic heterocycles. The molecular weight excluding hydrogens is 645 g/mol. The number of para-hydroxylation sites is 2. The quantitative estimate of drug-likeness (QED) is 0.175. The molecule has 0 aliphatic rings. The number of aromatic nitrogens is 4. The van der Waals surface area contributed by atoms with Crippen molar-refractivity contribution in [2.75, 3.05) is 0 Å². The Kier molecular flexibility index (Phi) is 5.00. The van der Waals surface area contributed by atoms with Gasteiger partial charge in [0.05, 0.1) is 33.2 Å². The van der Waals surface area contributed by atoms with Gasteiger partial charge in [-0.05, 0) is 57.7 Å². The molecule has 0 unspecified atom stereocenters. The fourth-order valence-electron chi connectivity index (χ4n) is 6.72. The minimum Gasteiger partial charge on any atom is -0.308 e. The Balaban J connectivity index is 1.42. The van der Waals surface area contributed by atoms with Crippen molar-refractivity contribution in [2.45, 2.75) is 0 Å². The first-order chi connectivity index (χ1) is 31.3. The van der Waals surface area contributed by atoms with Crippen molar-refractivity contribution >= 4 is 32.6 Å². The van der Waals surface area contributed by atoms with Crippen molar-refractivity contribution in [3.8, 4) is 62.1 Å². The van der Waals surface area contributed by atoms with Gasteiger partial charge in [0.1, 0.15) is 0 Å². The summed E-state index contributed by atoms with van der Waals surface area (Å²) in [6.45, 7) is 0. The number of nitrogens with zero attached hydrogens (tertiary/aromatic N) is 4. The second kappa shape index (κ2) is 12.9. The minimum absolute atomic E-state index is 0.124. The molecule has 0 aliphatic carbocycles. The van der Waals surface area contributed by atoms with Crippen LogP contribution in [0.25, 0.3) is 94.7 Å². The molecule has 0 saturated carbocycles. The zero-order chi connectivity index (χ0) is 45.6. The molecule has 2 aromatic heterocycles. The second-order valence-electron chi connectivity index (χ2n) is 12.3. The molecule has 10 aromatic rings. The van der Waals surface area contributed by atoms with Crippen LogP contribution in [0.15, 0.2) is 194 Å². The molecule has 0 N–H and O–H groups in total. The third-order valence-corrected chi connectivity index (χ3v) is 9.17. The first kappa shape index (κ1) is 20.6. The molecule has 8 aromatic carbocycles. The summed E-state index contributed by atoms with van der Waals surface area (Å²) < 4.78 is 110. The second-order valence-corrected chi connectivity index (χ2v) is 12.3. The van der Waals surface area contributed by atoms with E-state index in [1.165, 1.54) is 4.57 Å². The van der Waals surface area contributed by atoms with Crippen molar-refractivity contribution in [3.63, 3.8) is 0 Å². The number of hydrogen-bond acceptors (Lipinski definition) is 3. The van der Waals surface area contributed by atoms with E-state index in [4.69, 9.17) is 24.5 Å². The highest BCUT2D eigenvalue weighted by Crippen LogP contribution is 2.42. The Bertz CT molecular complexity index is 3550. The molecule has 0 amide bonds. The summed E-state index contributed by atoms with van der Waals surface area (Å²) in [5, 5.41) is 1.51. The molecule has 0 saturated heterocycles. The molecular formula is C49H32N4. The Morgan fingerprint density at radius 2 is 1.02 bits per heavy atom. The number of fused-ring (bicyclic) bond motifs is 4.